The first-order valence-corrected chi connectivity index (χ1v) is 14.8. The smallest absolute Gasteiger partial charge is 0.497 e. The van der Waals surface area contributed by atoms with E-state index < -0.39 is 18.4 Å². The summed E-state index contributed by atoms with van der Waals surface area (Å²) in [6.45, 7) is 4.87. The average Bonchev–Trinajstić information content (AvgIpc) is 3.69. The topological polar surface area (TPSA) is 118 Å². The quantitative estimate of drug-likeness (QED) is 0.224. The van der Waals surface area contributed by atoms with Crippen molar-refractivity contribution in [1.82, 2.24) is 20.1 Å². The van der Waals surface area contributed by atoms with Crippen LogP contribution in [-0.2, 0) is 0 Å². The molecule has 2 amide bonds. The van der Waals surface area contributed by atoms with E-state index in [-0.39, 0.29) is 11.7 Å². The molecule has 0 aliphatic carbocycles. The molecule has 1 fully saturated rings. The van der Waals surface area contributed by atoms with E-state index in [4.69, 9.17) is 4.74 Å². The minimum Gasteiger partial charge on any atom is -0.497 e. The van der Waals surface area contributed by atoms with Crippen molar-refractivity contribution < 1.29 is 27.4 Å². The minimum atomic E-state index is -4.78. The number of methoxy groups -OCH3 is 1. The maximum Gasteiger partial charge on any atom is 0.573 e. The van der Waals surface area contributed by atoms with Crippen molar-refractivity contribution in [3.05, 3.63) is 84.2 Å². The van der Waals surface area contributed by atoms with Crippen LogP contribution in [0.15, 0.2) is 78.0 Å². The molecule has 4 aromatic rings. The molecular weight excluding hydrogens is 607 g/mol. The Labute approximate surface area is 261 Å². The Morgan fingerprint density at radius 3 is 2.44 bits per heavy atom. The van der Waals surface area contributed by atoms with E-state index in [1.165, 1.54) is 47.0 Å². The van der Waals surface area contributed by atoms with Crippen molar-refractivity contribution >= 4 is 28.6 Å². The van der Waals surface area contributed by atoms with Crippen LogP contribution >= 0.6 is 11.8 Å². The summed E-state index contributed by atoms with van der Waals surface area (Å²) < 4.78 is 48.0. The van der Waals surface area contributed by atoms with Gasteiger partial charge in [0.2, 0.25) is 0 Å². The molecule has 1 aliphatic heterocycles. The van der Waals surface area contributed by atoms with Gasteiger partial charge in [-0.05, 0) is 59.5 Å². The number of alkyl halides is 3. The van der Waals surface area contributed by atoms with Crippen LogP contribution in [0.3, 0.4) is 0 Å². The average molecular weight is 636 g/mol. The molecule has 3 aromatic carbocycles. The summed E-state index contributed by atoms with van der Waals surface area (Å²) in [4.78, 5) is 23.5. The molecule has 0 saturated carbocycles. The molecule has 1 aliphatic rings. The van der Waals surface area contributed by atoms with Crippen LogP contribution < -0.4 is 19.7 Å². The molecule has 0 radical (unpaired) electrons. The number of nitriles is 1. The molecule has 1 saturated heterocycles. The van der Waals surface area contributed by atoms with Crippen LogP contribution in [0.1, 0.15) is 36.9 Å². The Balaban J connectivity index is 1.26. The molecule has 14 heteroatoms. The zero-order chi connectivity index (χ0) is 32.1. The van der Waals surface area contributed by atoms with Crippen molar-refractivity contribution in [2.45, 2.75) is 32.2 Å². The normalized spacial score (nSPS) is 14.8. The summed E-state index contributed by atoms with van der Waals surface area (Å²) in [5, 5.41) is 17.4. The predicted octanol–water partition coefficient (Wildman–Crippen LogP) is 6.85. The third-order valence-corrected chi connectivity index (χ3v) is 7.80. The van der Waals surface area contributed by atoms with E-state index >= 15 is 0 Å². The second-order valence-corrected chi connectivity index (χ2v) is 11.2. The van der Waals surface area contributed by atoms with Crippen molar-refractivity contribution in [2.75, 3.05) is 24.3 Å². The van der Waals surface area contributed by atoms with E-state index in [0.717, 1.165) is 22.8 Å². The Morgan fingerprint density at radius 1 is 1.09 bits per heavy atom. The Bertz CT molecular complexity index is 1730. The lowest BCUT2D eigenvalue weighted by Gasteiger charge is -2.23. The van der Waals surface area contributed by atoms with Gasteiger partial charge in [-0.3, -0.25) is 0 Å². The lowest BCUT2D eigenvalue weighted by Crippen LogP contribution is -2.30. The van der Waals surface area contributed by atoms with Gasteiger partial charge in [0.25, 0.3) is 0 Å². The highest BCUT2D eigenvalue weighted by Crippen LogP contribution is 2.35. The number of benzene rings is 3. The highest BCUT2D eigenvalue weighted by atomic mass is 32.2. The number of hydrogen-bond donors (Lipinski definition) is 1. The van der Waals surface area contributed by atoms with Gasteiger partial charge in [0.1, 0.15) is 23.9 Å². The van der Waals surface area contributed by atoms with Crippen molar-refractivity contribution in [1.29, 1.82) is 5.26 Å². The second-order valence-electron chi connectivity index (χ2n) is 10.2. The Hall–Kier alpha value is -5.03. The second kappa shape index (κ2) is 13.3. The molecule has 232 valence electrons. The van der Waals surface area contributed by atoms with Gasteiger partial charge in [0.15, 0.2) is 11.0 Å². The summed E-state index contributed by atoms with van der Waals surface area (Å²) in [7, 11) is 1.62. The van der Waals surface area contributed by atoms with Gasteiger partial charge in [0.05, 0.1) is 18.9 Å². The number of carbonyl (C=O) groups excluding carboxylic acids is 1. The van der Waals surface area contributed by atoms with Gasteiger partial charge in [-0.1, -0.05) is 49.9 Å². The monoisotopic (exact) mass is 635 g/mol. The maximum atomic E-state index is 13.0. The number of halogens is 3. The van der Waals surface area contributed by atoms with Gasteiger partial charge in [-0.2, -0.15) is 10.3 Å². The number of rotatable bonds is 8. The lowest BCUT2D eigenvalue weighted by molar-refractivity contribution is -0.274. The summed E-state index contributed by atoms with van der Waals surface area (Å²) in [6, 6.07) is 18.4. The Kier molecular flexibility index (Phi) is 9.29. The van der Waals surface area contributed by atoms with Crippen LogP contribution in [0.4, 0.5) is 23.7 Å². The zero-order valence-electron chi connectivity index (χ0n) is 24.4. The molecule has 5 rings (SSSR count). The third kappa shape index (κ3) is 7.55. The first kappa shape index (κ1) is 31.4. The number of aromatic nitrogens is 3. The van der Waals surface area contributed by atoms with E-state index in [1.54, 1.807) is 31.4 Å². The van der Waals surface area contributed by atoms with Crippen molar-refractivity contribution in [2.24, 2.45) is 4.99 Å². The van der Waals surface area contributed by atoms with E-state index in [2.05, 4.69) is 45.0 Å². The van der Waals surface area contributed by atoms with Crippen LogP contribution in [0, 0.1) is 11.3 Å². The minimum absolute atomic E-state index is 0.221. The molecule has 0 bridgehead atoms. The summed E-state index contributed by atoms with van der Waals surface area (Å²) in [6.07, 6.45) is -3.35. The number of anilines is 1. The predicted molar refractivity (Wildman–Crippen MR) is 165 cm³/mol. The molecule has 10 nitrogen and oxygen atoms in total. The number of aliphatic imine (C=N–C) groups is 1. The number of amidine groups is 1. The number of urea groups is 1. The zero-order valence-corrected chi connectivity index (χ0v) is 25.3. The van der Waals surface area contributed by atoms with E-state index in [0.29, 0.717) is 34.4 Å². The van der Waals surface area contributed by atoms with Crippen LogP contribution in [0.2, 0.25) is 0 Å². The number of nitrogens with zero attached hydrogens (tertiary/aromatic N) is 6. The molecule has 1 aromatic heterocycles. The molecule has 2 heterocycles. The molecule has 45 heavy (non-hydrogen) atoms. The highest BCUT2D eigenvalue weighted by Gasteiger charge is 2.31. The number of hydrogen-bond acceptors (Lipinski definition) is 7. The molecule has 1 N–H and O–H groups in total. The maximum absolute atomic E-state index is 13.0. The number of nitrogens with one attached hydrogen (secondary N) is 1. The van der Waals surface area contributed by atoms with Crippen LogP contribution in [0.5, 0.6) is 11.5 Å². The molecule has 1 atom stereocenters. The first-order valence-electron chi connectivity index (χ1n) is 13.8. The van der Waals surface area contributed by atoms with Gasteiger partial charge >= 0.3 is 12.4 Å². The SMILES string of the molecule is COc1ccc(N2CCS/C2=N\C(=O)NC(C#N)c2ccc(-c3ncn(-c4ccc(OC(F)(F)F)cc4)n3)cc2)c(C(C)C)c1. The fraction of sp³-hybridized carbons (Fsp3) is 0.258. The van der Waals surface area contributed by atoms with Gasteiger partial charge < -0.3 is 19.7 Å². The third-order valence-electron chi connectivity index (χ3n) is 6.85. The number of thioether (sulfide) groups is 1. The van der Waals surface area contributed by atoms with Gasteiger partial charge in [-0.15, -0.1) is 18.3 Å². The molecule has 1 unspecified atom stereocenters. The molecular formula is C31H28F3N7O3S. The molecule has 0 spiro atoms. The summed E-state index contributed by atoms with van der Waals surface area (Å²) >= 11 is 1.47. The first-order chi connectivity index (χ1) is 21.5. The largest absolute Gasteiger partial charge is 0.573 e. The summed E-state index contributed by atoms with van der Waals surface area (Å²) in [5.74, 6) is 1.76. The highest BCUT2D eigenvalue weighted by molar-refractivity contribution is 8.14. The number of amides is 2. The van der Waals surface area contributed by atoms with Crippen molar-refractivity contribution in [3.63, 3.8) is 0 Å². The standard InChI is InChI=1S/C31H28F3N7O3S/c1-19(2)25-16-24(43-3)12-13-27(25)40-14-15-45-30(40)38-29(42)37-26(17-35)20-4-6-21(7-5-20)28-36-18-41(39-28)22-8-10-23(11-9-22)44-31(32,33)34/h4-13,16,18-19,26H,14-15H2,1-3H3,(H,37,42)/b38-30-. The Morgan fingerprint density at radius 2 is 1.80 bits per heavy atom. The summed E-state index contributed by atoms with van der Waals surface area (Å²) in [5.41, 5.74) is 3.70. The van der Waals surface area contributed by atoms with E-state index in [1.807, 2.05) is 23.1 Å². The number of ether oxygens (including phenoxy) is 2. The fourth-order valence-corrected chi connectivity index (χ4v) is 5.61. The lowest BCUT2D eigenvalue weighted by atomic mass is 10.00. The van der Waals surface area contributed by atoms with Gasteiger partial charge in [0, 0.05) is 23.5 Å². The van der Waals surface area contributed by atoms with Crippen LogP contribution in [0.25, 0.3) is 17.1 Å². The fourth-order valence-electron chi connectivity index (χ4n) is 4.66. The van der Waals surface area contributed by atoms with Gasteiger partial charge in [-0.25, -0.2) is 14.5 Å². The number of carbonyl (C=O) groups is 1. The van der Waals surface area contributed by atoms with E-state index in [9.17, 15) is 23.2 Å². The van der Waals surface area contributed by atoms with Crippen LogP contribution in [-0.4, -0.2) is 51.7 Å². The van der Waals surface area contributed by atoms with Crippen molar-refractivity contribution in [3.8, 4) is 34.6 Å².